The van der Waals surface area contributed by atoms with E-state index in [1.165, 1.54) is 12.1 Å². The predicted octanol–water partition coefficient (Wildman–Crippen LogP) is 4.01. The minimum atomic E-state index is -1.23. The first-order valence-corrected chi connectivity index (χ1v) is 11.9. The third kappa shape index (κ3) is 5.77. The fourth-order valence-electron chi connectivity index (χ4n) is 4.42. The fourth-order valence-corrected chi connectivity index (χ4v) is 4.42. The highest BCUT2D eigenvalue weighted by molar-refractivity contribution is 5.90. The maximum atomic E-state index is 13.6. The number of nitrogens with one attached hydrogen (secondary N) is 2. The number of alkyl carbamates (subject to hydrolysis) is 1. The summed E-state index contributed by atoms with van der Waals surface area (Å²) in [6.45, 7) is 6.08. The Kier molecular flexibility index (Phi) is 7.18. The van der Waals surface area contributed by atoms with Gasteiger partial charge in [-0.15, -0.1) is 0 Å². The molecule has 1 atom stereocenters. The molecule has 2 aliphatic rings. The lowest BCUT2D eigenvalue weighted by Crippen LogP contribution is -2.63. The summed E-state index contributed by atoms with van der Waals surface area (Å²) in [5.74, 6) is -0.121. The van der Waals surface area contributed by atoms with Crippen molar-refractivity contribution in [3.05, 3.63) is 53.3 Å². The minimum Gasteiger partial charge on any atom is -0.488 e. The average molecular weight is 496 g/mol. The van der Waals surface area contributed by atoms with Crippen LogP contribution in [0, 0.1) is 17.1 Å². The molecule has 2 amide bonds. The number of amides is 2. The SMILES string of the molecule is CC(C)(C)OC(=O)NC1(C(=O)NC(C#N)Cc2ccc3c(c2)OCc2cc(F)ccc2-3)CCOCC1. The van der Waals surface area contributed by atoms with Crippen molar-refractivity contribution in [3.8, 4) is 22.9 Å². The van der Waals surface area contributed by atoms with Crippen molar-refractivity contribution in [1.29, 1.82) is 5.26 Å². The third-order valence-corrected chi connectivity index (χ3v) is 6.21. The number of benzene rings is 2. The van der Waals surface area contributed by atoms with Gasteiger partial charge in [0, 0.05) is 43.6 Å². The van der Waals surface area contributed by atoms with Crippen LogP contribution < -0.4 is 15.4 Å². The smallest absolute Gasteiger partial charge is 0.408 e. The molecule has 2 aromatic rings. The second-order valence-corrected chi connectivity index (χ2v) is 10.1. The molecule has 2 N–H and O–H groups in total. The monoisotopic (exact) mass is 495 g/mol. The molecule has 2 heterocycles. The zero-order chi connectivity index (χ0) is 25.9. The molecular weight excluding hydrogens is 465 g/mol. The highest BCUT2D eigenvalue weighted by atomic mass is 19.1. The molecule has 8 nitrogen and oxygen atoms in total. The number of carbonyl (C=O) groups is 2. The second-order valence-electron chi connectivity index (χ2n) is 10.1. The Hall–Kier alpha value is -3.64. The van der Waals surface area contributed by atoms with Gasteiger partial charge >= 0.3 is 6.09 Å². The van der Waals surface area contributed by atoms with Gasteiger partial charge in [0.05, 0.1) is 6.07 Å². The number of nitrogens with zero attached hydrogens (tertiary/aromatic N) is 1. The molecular formula is C27H30FN3O5. The van der Waals surface area contributed by atoms with Gasteiger partial charge in [0.2, 0.25) is 5.91 Å². The van der Waals surface area contributed by atoms with Gasteiger partial charge in [-0.2, -0.15) is 5.26 Å². The van der Waals surface area contributed by atoms with Crippen molar-refractivity contribution in [2.24, 2.45) is 0 Å². The molecule has 4 rings (SSSR count). The van der Waals surface area contributed by atoms with Gasteiger partial charge in [-0.05, 0) is 50.1 Å². The normalized spacial score (nSPS) is 16.9. The predicted molar refractivity (Wildman–Crippen MR) is 130 cm³/mol. The molecule has 9 heteroatoms. The molecule has 1 fully saturated rings. The van der Waals surface area contributed by atoms with E-state index in [0.717, 1.165) is 22.3 Å². The number of rotatable bonds is 5. The fraction of sp³-hybridized carbons (Fsp3) is 0.444. The Morgan fingerprint density at radius 3 is 2.58 bits per heavy atom. The highest BCUT2D eigenvalue weighted by Crippen LogP contribution is 2.38. The molecule has 0 saturated carbocycles. The van der Waals surface area contributed by atoms with Crippen LogP contribution in [0.5, 0.6) is 5.75 Å². The number of fused-ring (bicyclic) bond motifs is 3. The summed E-state index contributed by atoms with van der Waals surface area (Å²) in [4.78, 5) is 25.8. The Labute approximate surface area is 209 Å². The van der Waals surface area contributed by atoms with E-state index in [1.807, 2.05) is 18.2 Å². The summed E-state index contributed by atoms with van der Waals surface area (Å²) in [6.07, 6.45) is 0.0834. The van der Waals surface area contributed by atoms with Gasteiger partial charge in [-0.25, -0.2) is 9.18 Å². The van der Waals surface area contributed by atoms with Crippen molar-refractivity contribution in [3.63, 3.8) is 0 Å². The minimum absolute atomic E-state index is 0.244. The van der Waals surface area contributed by atoms with Gasteiger partial charge < -0.3 is 24.8 Å². The molecule has 190 valence electrons. The topological polar surface area (TPSA) is 110 Å². The van der Waals surface area contributed by atoms with E-state index in [-0.39, 0.29) is 31.7 Å². The van der Waals surface area contributed by atoms with Crippen LogP contribution in [0.1, 0.15) is 44.7 Å². The molecule has 1 saturated heterocycles. The third-order valence-electron chi connectivity index (χ3n) is 6.21. The maximum absolute atomic E-state index is 13.6. The van der Waals surface area contributed by atoms with Crippen molar-refractivity contribution >= 4 is 12.0 Å². The van der Waals surface area contributed by atoms with Crippen LogP contribution in [0.15, 0.2) is 36.4 Å². The summed E-state index contributed by atoms with van der Waals surface area (Å²) in [6, 6.07) is 11.5. The lowest BCUT2D eigenvalue weighted by Gasteiger charge is -2.37. The van der Waals surface area contributed by atoms with Gasteiger partial charge in [0.25, 0.3) is 0 Å². The number of hydrogen-bond acceptors (Lipinski definition) is 6. The number of hydrogen-bond donors (Lipinski definition) is 2. The molecule has 2 aromatic carbocycles. The Bertz CT molecular complexity index is 1190. The molecule has 0 spiro atoms. The zero-order valence-corrected chi connectivity index (χ0v) is 20.7. The van der Waals surface area contributed by atoms with Crippen LogP contribution >= 0.6 is 0 Å². The summed E-state index contributed by atoms with van der Waals surface area (Å²) in [7, 11) is 0. The molecule has 0 radical (unpaired) electrons. The quantitative estimate of drug-likeness (QED) is 0.649. The standard InChI is InChI=1S/C27H30FN3O5/c1-26(2,3)36-25(33)31-27(8-10-34-11-9-27)24(32)30-20(15-29)12-17-4-6-22-21-7-5-19(28)14-18(21)16-35-23(22)13-17/h4-7,13-14,20H,8-12,16H2,1-3H3,(H,30,32)(H,31,33). The first kappa shape index (κ1) is 25.5. The van der Waals surface area contributed by atoms with E-state index < -0.39 is 29.2 Å². The second kappa shape index (κ2) is 10.2. The van der Waals surface area contributed by atoms with Crippen molar-refractivity contribution in [1.82, 2.24) is 10.6 Å². The lowest BCUT2D eigenvalue weighted by atomic mass is 9.88. The average Bonchev–Trinajstić information content (AvgIpc) is 2.82. The van der Waals surface area contributed by atoms with Crippen LogP contribution in [0.2, 0.25) is 0 Å². The molecule has 0 aliphatic carbocycles. The number of ether oxygens (including phenoxy) is 3. The first-order valence-electron chi connectivity index (χ1n) is 11.9. The van der Waals surface area contributed by atoms with E-state index in [0.29, 0.717) is 19.0 Å². The summed E-state index contributed by atoms with van der Waals surface area (Å²) in [5, 5.41) is 15.3. The Morgan fingerprint density at radius 2 is 1.89 bits per heavy atom. The number of nitriles is 1. The van der Waals surface area contributed by atoms with Crippen LogP contribution in [0.25, 0.3) is 11.1 Å². The van der Waals surface area contributed by atoms with E-state index in [2.05, 4.69) is 16.7 Å². The van der Waals surface area contributed by atoms with Crippen molar-refractivity contribution in [2.75, 3.05) is 13.2 Å². The molecule has 0 bridgehead atoms. The van der Waals surface area contributed by atoms with Gasteiger partial charge in [-0.3, -0.25) is 4.79 Å². The largest absolute Gasteiger partial charge is 0.488 e. The molecule has 36 heavy (non-hydrogen) atoms. The van der Waals surface area contributed by atoms with E-state index in [1.54, 1.807) is 26.8 Å². The van der Waals surface area contributed by atoms with E-state index in [4.69, 9.17) is 14.2 Å². The van der Waals surface area contributed by atoms with Crippen LogP contribution in [0.4, 0.5) is 9.18 Å². The Balaban J connectivity index is 1.47. The first-order chi connectivity index (χ1) is 17.1. The van der Waals surface area contributed by atoms with Gasteiger partial charge in [-0.1, -0.05) is 18.2 Å². The molecule has 2 aliphatic heterocycles. The summed E-state index contributed by atoms with van der Waals surface area (Å²) < 4.78 is 30.1. The van der Waals surface area contributed by atoms with Gasteiger partial charge in [0.15, 0.2) is 0 Å². The zero-order valence-electron chi connectivity index (χ0n) is 20.7. The van der Waals surface area contributed by atoms with E-state index in [9.17, 15) is 19.2 Å². The number of halogens is 1. The highest BCUT2D eigenvalue weighted by Gasteiger charge is 2.43. The van der Waals surface area contributed by atoms with E-state index >= 15 is 0 Å². The summed E-state index contributed by atoms with van der Waals surface area (Å²) in [5.41, 5.74) is 1.38. The van der Waals surface area contributed by atoms with Crippen molar-refractivity contribution in [2.45, 2.75) is 63.8 Å². The van der Waals surface area contributed by atoms with Crippen molar-refractivity contribution < 1.29 is 28.2 Å². The number of carbonyl (C=O) groups excluding carboxylic acids is 2. The molecule has 1 unspecified atom stereocenters. The van der Waals surface area contributed by atoms with Crippen LogP contribution in [0.3, 0.4) is 0 Å². The summed E-state index contributed by atoms with van der Waals surface area (Å²) >= 11 is 0. The van der Waals surface area contributed by atoms with Crippen LogP contribution in [-0.2, 0) is 27.3 Å². The maximum Gasteiger partial charge on any atom is 0.408 e. The lowest BCUT2D eigenvalue weighted by molar-refractivity contribution is -0.132. The molecule has 0 aromatic heterocycles. The van der Waals surface area contributed by atoms with Crippen LogP contribution in [-0.4, -0.2) is 42.4 Å². The Morgan fingerprint density at radius 1 is 1.17 bits per heavy atom. The van der Waals surface area contributed by atoms with Gasteiger partial charge in [0.1, 0.15) is 35.4 Å².